The molecule has 0 amide bonds. The van der Waals surface area contributed by atoms with Gasteiger partial charge < -0.3 is 14.2 Å². The molecule has 0 radical (unpaired) electrons. The molecule has 0 aliphatic heterocycles. The molecule has 0 aliphatic carbocycles. The summed E-state index contributed by atoms with van der Waals surface area (Å²) in [5, 5.41) is 0. The smallest absolute Gasteiger partial charge is 0.306 e. The Kier molecular flexibility index (Phi) is 64.9. The third-order valence-corrected chi connectivity index (χ3v) is 13.7. The first kappa shape index (κ1) is 77.8. The van der Waals surface area contributed by atoms with Gasteiger partial charge in [-0.25, -0.2) is 0 Å². The van der Waals surface area contributed by atoms with Crippen molar-refractivity contribution in [2.24, 2.45) is 0 Å². The summed E-state index contributed by atoms with van der Waals surface area (Å²) >= 11 is 0. The Bertz CT molecular complexity index is 1890. The SMILES string of the molecule is CC/C=C\C/C=C\C/C=C\C/C=C\C/C=C\C/C=C\C/C=C\CCCC(=O)OCC(COC(=O)CCCCCCCC/C=C\C/C=C\C/C=C\C/C=C\CC)OC(=O)CCCCCCCCCC/C=C\C/C=C\C/C=C\CCCCCCC. The van der Waals surface area contributed by atoms with Crippen LogP contribution in [0.4, 0.5) is 0 Å². The molecule has 83 heavy (non-hydrogen) atoms. The molecule has 0 aliphatic rings. The number of ether oxygens (including phenoxy) is 3. The molecule has 0 N–H and O–H groups in total. The van der Waals surface area contributed by atoms with E-state index in [1.165, 1.54) is 83.5 Å². The molecule has 0 aromatic carbocycles. The summed E-state index contributed by atoms with van der Waals surface area (Å²) in [4.78, 5) is 38.4. The Morgan fingerprint density at radius 3 is 0.783 bits per heavy atom. The van der Waals surface area contributed by atoms with Gasteiger partial charge >= 0.3 is 17.9 Å². The molecule has 0 spiro atoms. The summed E-state index contributed by atoms with van der Waals surface area (Å²) in [5.74, 6) is -0.998. The highest BCUT2D eigenvalue weighted by atomic mass is 16.6. The third-order valence-electron chi connectivity index (χ3n) is 13.7. The number of esters is 3. The standard InChI is InChI=1S/C77H122O6/c1-4-7-10-13-16-19-22-25-28-31-34-36-38-40-43-46-49-52-55-58-61-64-67-70-76(79)82-73-74(72-81-75(78)69-66-63-60-57-54-51-48-45-42-33-30-27-24-21-18-15-12-9-6-3)83-77(80)71-68-65-62-59-56-53-50-47-44-41-39-37-35-32-29-26-23-20-17-14-11-8-5-2/h7,9-10,12,16,18-19,21,23,25-28,30,32,34-36,39-43,45,49,52,58,61,74H,4-6,8,11,13-15,17,20,22,24,29,31,33,37-38,44,46-48,50-51,53-57,59-60,62-73H2,1-3H3/b10-7-,12-9-,19-16-,21-18-,26-23-,28-25-,30-27-,35-32-,36-34-,41-39-,43-40-,45-42-,52-49-,61-58-. The zero-order valence-electron chi connectivity index (χ0n) is 53.4. The summed E-state index contributed by atoms with van der Waals surface area (Å²) < 4.78 is 16.9. The number of rotatable bonds is 59. The molecule has 1 atom stereocenters. The van der Waals surface area contributed by atoms with E-state index in [0.29, 0.717) is 19.3 Å². The minimum atomic E-state index is -0.824. The van der Waals surface area contributed by atoms with Crippen LogP contribution < -0.4 is 0 Å². The highest BCUT2D eigenvalue weighted by Gasteiger charge is 2.19. The molecule has 0 rings (SSSR count). The van der Waals surface area contributed by atoms with Crippen LogP contribution in [-0.2, 0) is 28.6 Å². The fourth-order valence-electron chi connectivity index (χ4n) is 8.72. The summed E-state index contributed by atoms with van der Waals surface area (Å²) in [7, 11) is 0. The first-order valence-corrected chi connectivity index (χ1v) is 33.6. The van der Waals surface area contributed by atoms with Gasteiger partial charge in [0.25, 0.3) is 0 Å². The fourth-order valence-corrected chi connectivity index (χ4v) is 8.72. The third kappa shape index (κ3) is 67.4. The maximum absolute atomic E-state index is 13.0. The Morgan fingerprint density at radius 2 is 0.482 bits per heavy atom. The van der Waals surface area contributed by atoms with Crippen LogP contribution in [0.1, 0.15) is 278 Å². The molecule has 0 aromatic rings. The average molecular weight is 1140 g/mol. The van der Waals surface area contributed by atoms with Crippen molar-refractivity contribution < 1.29 is 28.6 Å². The molecule has 0 saturated heterocycles. The molecule has 0 heterocycles. The van der Waals surface area contributed by atoms with Crippen molar-refractivity contribution in [3.05, 3.63) is 170 Å². The second kappa shape index (κ2) is 69.3. The van der Waals surface area contributed by atoms with Crippen LogP contribution in [0, 0.1) is 0 Å². The van der Waals surface area contributed by atoms with Gasteiger partial charge in [0.05, 0.1) is 0 Å². The number of unbranched alkanes of at least 4 members (excludes halogenated alkanes) is 20. The van der Waals surface area contributed by atoms with Crippen LogP contribution in [-0.4, -0.2) is 37.2 Å². The fraction of sp³-hybridized carbons (Fsp3) is 0.597. The molecule has 0 fully saturated rings. The summed E-state index contributed by atoms with van der Waals surface area (Å²) in [5.41, 5.74) is 0. The second-order valence-corrected chi connectivity index (χ2v) is 21.6. The quantitative estimate of drug-likeness (QED) is 0.0261. The lowest BCUT2D eigenvalue weighted by Gasteiger charge is -2.18. The zero-order valence-corrected chi connectivity index (χ0v) is 53.4. The van der Waals surface area contributed by atoms with E-state index in [0.717, 1.165) is 148 Å². The lowest BCUT2D eigenvalue weighted by Crippen LogP contribution is -2.30. The number of carbonyl (C=O) groups is 3. The topological polar surface area (TPSA) is 78.9 Å². The predicted octanol–water partition coefficient (Wildman–Crippen LogP) is 23.4. The van der Waals surface area contributed by atoms with E-state index < -0.39 is 6.10 Å². The van der Waals surface area contributed by atoms with E-state index >= 15 is 0 Å². The monoisotopic (exact) mass is 1140 g/mol. The van der Waals surface area contributed by atoms with Gasteiger partial charge in [-0.15, -0.1) is 0 Å². The number of allylic oxidation sites excluding steroid dienone is 28. The van der Waals surface area contributed by atoms with Gasteiger partial charge in [0, 0.05) is 19.3 Å². The lowest BCUT2D eigenvalue weighted by molar-refractivity contribution is -0.167. The summed E-state index contributed by atoms with van der Waals surface area (Å²) in [6.45, 7) is 6.34. The van der Waals surface area contributed by atoms with E-state index in [9.17, 15) is 14.4 Å². The molecule has 466 valence electrons. The molecular weight excluding hydrogens is 1020 g/mol. The Labute approximate surface area is 511 Å². The molecule has 6 heteroatoms. The second-order valence-electron chi connectivity index (χ2n) is 21.6. The maximum Gasteiger partial charge on any atom is 0.306 e. The van der Waals surface area contributed by atoms with E-state index in [1.807, 2.05) is 0 Å². The molecule has 6 nitrogen and oxygen atoms in total. The molecule has 0 aromatic heterocycles. The molecule has 1 unspecified atom stereocenters. The first-order chi connectivity index (χ1) is 41.0. The van der Waals surface area contributed by atoms with E-state index in [4.69, 9.17) is 14.2 Å². The van der Waals surface area contributed by atoms with E-state index in [-0.39, 0.29) is 37.5 Å². The molecular formula is C77H122O6. The predicted molar refractivity (Wildman–Crippen MR) is 361 cm³/mol. The number of hydrogen-bond donors (Lipinski definition) is 0. The van der Waals surface area contributed by atoms with Crippen LogP contribution in [0.2, 0.25) is 0 Å². The normalized spacial score (nSPS) is 13.2. The zero-order chi connectivity index (χ0) is 59.9. The lowest BCUT2D eigenvalue weighted by atomic mass is 10.1. The first-order valence-electron chi connectivity index (χ1n) is 33.6. The van der Waals surface area contributed by atoms with Gasteiger partial charge in [-0.1, -0.05) is 281 Å². The van der Waals surface area contributed by atoms with Gasteiger partial charge in [0.1, 0.15) is 13.2 Å². The largest absolute Gasteiger partial charge is 0.462 e. The number of hydrogen-bond acceptors (Lipinski definition) is 6. The van der Waals surface area contributed by atoms with Crippen LogP contribution in [0.5, 0.6) is 0 Å². The highest BCUT2D eigenvalue weighted by molar-refractivity contribution is 5.71. The van der Waals surface area contributed by atoms with Crippen LogP contribution >= 0.6 is 0 Å². The van der Waals surface area contributed by atoms with Gasteiger partial charge in [0.15, 0.2) is 6.10 Å². The van der Waals surface area contributed by atoms with Gasteiger partial charge in [-0.2, -0.15) is 0 Å². The summed E-state index contributed by atoms with van der Waals surface area (Å²) in [6, 6.07) is 0. The van der Waals surface area contributed by atoms with Crippen molar-refractivity contribution >= 4 is 17.9 Å². The van der Waals surface area contributed by atoms with E-state index in [2.05, 4.69) is 191 Å². The van der Waals surface area contributed by atoms with E-state index in [1.54, 1.807) is 0 Å². The van der Waals surface area contributed by atoms with Gasteiger partial charge in [-0.05, 0) is 148 Å². The Hall–Kier alpha value is -5.23. The Morgan fingerprint density at radius 1 is 0.253 bits per heavy atom. The van der Waals surface area contributed by atoms with Gasteiger partial charge in [0.2, 0.25) is 0 Å². The average Bonchev–Trinajstić information content (AvgIpc) is 3.49. The van der Waals surface area contributed by atoms with Crippen molar-refractivity contribution in [2.75, 3.05) is 13.2 Å². The molecule has 0 saturated carbocycles. The van der Waals surface area contributed by atoms with Crippen molar-refractivity contribution in [3.63, 3.8) is 0 Å². The highest BCUT2D eigenvalue weighted by Crippen LogP contribution is 2.14. The summed E-state index contributed by atoms with van der Waals surface area (Å²) in [6.07, 6.45) is 102. The van der Waals surface area contributed by atoms with Crippen molar-refractivity contribution in [1.82, 2.24) is 0 Å². The van der Waals surface area contributed by atoms with Crippen molar-refractivity contribution in [3.8, 4) is 0 Å². The van der Waals surface area contributed by atoms with Crippen LogP contribution in [0.3, 0.4) is 0 Å². The van der Waals surface area contributed by atoms with Crippen molar-refractivity contribution in [1.29, 1.82) is 0 Å². The molecule has 0 bridgehead atoms. The van der Waals surface area contributed by atoms with Gasteiger partial charge in [-0.3, -0.25) is 14.4 Å². The Balaban J connectivity index is 4.56. The maximum atomic E-state index is 13.0. The van der Waals surface area contributed by atoms with Crippen LogP contribution in [0.15, 0.2) is 170 Å². The minimum absolute atomic E-state index is 0.115. The van der Waals surface area contributed by atoms with Crippen molar-refractivity contribution in [2.45, 2.75) is 284 Å². The minimum Gasteiger partial charge on any atom is -0.462 e. The van der Waals surface area contributed by atoms with Crippen LogP contribution in [0.25, 0.3) is 0 Å². The number of carbonyl (C=O) groups excluding carboxylic acids is 3.